The van der Waals surface area contributed by atoms with Gasteiger partial charge in [-0.25, -0.2) is 9.78 Å². The Labute approximate surface area is 142 Å². The van der Waals surface area contributed by atoms with Gasteiger partial charge in [-0.1, -0.05) is 18.2 Å². The predicted octanol–water partition coefficient (Wildman–Crippen LogP) is 1.79. The molecule has 7 heteroatoms. The molecule has 0 radical (unpaired) electrons. The highest BCUT2D eigenvalue weighted by Crippen LogP contribution is 2.39. The summed E-state index contributed by atoms with van der Waals surface area (Å²) in [5, 5.41) is 9.13. The van der Waals surface area contributed by atoms with Crippen molar-refractivity contribution in [3.05, 3.63) is 53.5 Å². The van der Waals surface area contributed by atoms with Gasteiger partial charge in [-0.15, -0.1) is 0 Å². The fourth-order valence-corrected chi connectivity index (χ4v) is 3.77. The summed E-state index contributed by atoms with van der Waals surface area (Å²) in [6.45, 7) is 0. The number of benzene rings is 1. The van der Waals surface area contributed by atoms with Crippen LogP contribution in [0.3, 0.4) is 0 Å². The summed E-state index contributed by atoms with van der Waals surface area (Å²) in [7, 11) is 1.96. The van der Waals surface area contributed by atoms with Crippen LogP contribution >= 0.6 is 0 Å². The normalized spacial score (nSPS) is 21.1. The van der Waals surface area contributed by atoms with Crippen molar-refractivity contribution in [1.82, 2.24) is 18.9 Å². The van der Waals surface area contributed by atoms with Crippen LogP contribution in [0.1, 0.15) is 12.1 Å². The number of hydrogen-bond acceptors (Lipinski definition) is 3. The third-order valence-corrected chi connectivity index (χ3v) is 4.96. The summed E-state index contributed by atoms with van der Waals surface area (Å²) >= 11 is 0. The first kappa shape index (κ1) is 14.0. The van der Waals surface area contributed by atoms with E-state index in [-0.39, 0.29) is 17.6 Å². The van der Waals surface area contributed by atoms with Crippen molar-refractivity contribution in [3.63, 3.8) is 0 Å². The molecule has 124 valence electrons. The quantitative estimate of drug-likeness (QED) is 0.572. The first-order chi connectivity index (χ1) is 12.1. The van der Waals surface area contributed by atoms with Crippen LogP contribution in [0.4, 0.5) is 0 Å². The number of carboxylic acid groups (broad SMARTS) is 1. The van der Waals surface area contributed by atoms with Crippen LogP contribution in [0, 0.1) is 0 Å². The number of carbonyl (C=O) groups excluding carboxylic acids is 1. The Balaban J connectivity index is 1.55. The maximum absolute atomic E-state index is 12.3. The third-order valence-electron chi connectivity index (χ3n) is 4.96. The molecule has 4 heterocycles. The molecule has 1 unspecified atom stereocenters. The lowest BCUT2D eigenvalue weighted by molar-refractivity contribution is -0.142. The van der Waals surface area contributed by atoms with Gasteiger partial charge in [0, 0.05) is 18.8 Å². The highest BCUT2D eigenvalue weighted by molar-refractivity contribution is 6.11. The van der Waals surface area contributed by atoms with Crippen molar-refractivity contribution in [1.29, 1.82) is 0 Å². The van der Waals surface area contributed by atoms with Gasteiger partial charge in [-0.05, 0) is 24.6 Å². The lowest BCUT2D eigenvalue weighted by atomic mass is 9.94. The van der Waals surface area contributed by atoms with Crippen molar-refractivity contribution >= 4 is 34.8 Å². The molecule has 0 bridgehead atoms. The molecule has 0 aliphatic carbocycles. The number of aliphatic carboxylic acids is 1. The number of amides is 1. The van der Waals surface area contributed by atoms with Gasteiger partial charge in [-0.2, -0.15) is 0 Å². The van der Waals surface area contributed by atoms with E-state index in [9.17, 15) is 9.59 Å². The van der Waals surface area contributed by atoms with Crippen LogP contribution in [0.5, 0.6) is 0 Å². The molecule has 25 heavy (non-hydrogen) atoms. The minimum absolute atomic E-state index is 0.0770. The van der Waals surface area contributed by atoms with Gasteiger partial charge in [0.15, 0.2) is 0 Å². The smallest absolute Gasteiger partial charge is 0.352 e. The molecule has 1 amide bonds. The van der Waals surface area contributed by atoms with Gasteiger partial charge >= 0.3 is 5.97 Å². The van der Waals surface area contributed by atoms with Gasteiger partial charge < -0.3 is 9.67 Å². The average Bonchev–Trinajstić information content (AvgIpc) is 3.26. The van der Waals surface area contributed by atoms with Gasteiger partial charge in [0.05, 0.1) is 22.8 Å². The van der Waals surface area contributed by atoms with Crippen LogP contribution in [0.25, 0.3) is 22.9 Å². The highest BCUT2D eigenvalue weighted by atomic mass is 16.4. The number of carboxylic acids is 1. The zero-order chi connectivity index (χ0) is 17.3. The van der Waals surface area contributed by atoms with Crippen molar-refractivity contribution in [2.75, 3.05) is 0 Å². The first-order valence-electron chi connectivity index (χ1n) is 7.97. The Hall–Kier alpha value is -3.35. The maximum Gasteiger partial charge on any atom is 0.352 e. The van der Waals surface area contributed by atoms with Crippen molar-refractivity contribution in [3.8, 4) is 0 Å². The maximum atomic E-state index is 12.3. The molecule has 2 aromatic heterocycles. The second-order valence-electron chi connectivity index (χ2n) is 6.30. The van der Waals surface area contributed by atoms with E-state index in [0.717, 1.165) is 16.8 Å². The first-order valence-corrected chi connectivity index (χ1v) is 7.97. The van der Waals surface area contributed by atoms with Crippen LogP contribution in [-0.4, -0.2) is 41.9 Å². The Bertz CT molecular complexity index is 1150. The average molecular weight is 334 g/mol. The Morgan fingerprint density at radius 1 is 1.32 bits per heavy atom. The van der Waals surface area contributed by atoms with Crippen LogP contribution in [0.2, 0.25) is 0 Å². The van der Waals surface area contributed by atoms with E-state index in [2.05, 4.69) is 4.98 Å². The number of β-lactam (4-membered cyclic amide) rings is 1. The van der Waals surface area contributed by atoms with E-state index in [4.69, 9.17) is 5.11 Å². The van der Waals surface area contributed by atoms with Crippen LogP contribution in [-0.2, 0) is 16.6 Å². The number of nitrogens with zero attached hydrogens (tertiary/aromatic N) is 4. The standard InChI is InChI=1S/C18H14N4O3/c1-20-13-4-2-3-5-14(13)21-9-10(19-18(20)21)8-11-12-6-7-15(17(24)25)22(12)16(11)23/h2-5,7-9,12H,6H2,1H3,(H,24,25)/b11-8+. The third kappa shape index (κ3) is 1.72. The molecule has 1 N–H and O–H groups in total. The zero-order valence-corrected chi connectivity index (χ0v) is 13.4. The fraction of sp³-hybridized carbons (Fsp3) is 0.167. The Kier molecular flexibility index (Phi) is 2.58. The lowest BCUT2D eigenvalue weighted by Gasteiger charge is -2.38. The molecule has 1 fully saturated rings. The van der Waals surface area contributed by atoms with Gasteiger partial charge in [0.1, 0.15) is 5.70 Å². The second-order valence-corrected chi connectivity index (χ2v) is 6.30. The lowest BCUT2D eigenvalue weighted by Crippen LogP contribution is -2.52. The van der Waals surface area contributed by atoms with Gasteiger partial charge in [0.25, 0.3) is 5.91 Å². The number of para-hydroxylation sites is 2. The number of aryl methyl sites for hydroxylation is 1. The molecule has 0 saturated carbocycles. The summed E-state index contributed by atoms with van der Waals surface area (Å²) in [6.07, 6.45) is 5.81. The number of rotatable bonds is 2. The van der Waals surface area contributed by atoms with E-state index in [1.807, 2.05) is 46.5 Å². The minimum Gasteiger partial charge on any atom is -0.477 e. The molecule has 1 saturated heterocycles. The predicted molar refractivity (Wildman–Crippen MR) is 90.6 cm³/mol. The topological polar surface area (TPSA) is 79.8 Å². The van der Waals surface area contributed by atoms with Gasteiger partial charge in [0.2, 0.25) is 5.78 Å². The van der Waals surface area contributed by atoms with E-state index < -0.39 is 5.97 Å². The summed E-state index contributed by atoms with van der Waals surface area (Å²) < 4.78 is 4.00. The van der Waals surface area contributed by atoms with E-state index >= 15 is 0 Å². The van der Waals surface area contributed by atoms with Crippen molar-refractivity contribution in [2.45, 2.75) is 12.5 Å². The Morgan fingerprint density at radius 2 is 2.08 bits per heavy atom. The summed E-state index contributed by atoms with van der Waals surface area (Å²) in [6, 6.07) is 7.84. The summed E-state index contributed by atoms with van der Waals surface area (Å²) in [5.41, 5.74) is 3.52. The van der Waals surface area contributed by atoms with Crippen molar-refractivity contribution < 1.29 is 14.7 Å². The summed E-state index contributed by atoms with van der Waals surface area (Å²) in [4.78, 5) is 29.4. The zero-order valence-electron chi connectivity index (χ0n) is 13.4. The fourth-order valence-electron chi connectivity index (χ4n) is 3.77. The second kappa shape index (κ2) is 4.60. The molecule has 7 nitrogen and oxygen atoms in total. The Morgan fingerprint density at radius 3 is 2.84 bits per heavy atom. The molecule has 1 atom stereocenters. The number of hydrogen-bond donors (Lipinski definition) is 1. The SMILES string of the molecule is Cn1c2ccccc2n2cc(/C=C3/C(=O)N4C(C(=O)O)=CCC34)nc12. The molecule has 0 spiro atoms. The van der Waals surface area contributed by atoms with E-state index in [0.29, 0.717) is 17.7 Å². The number of imidazole rings is 2. The minimum atomic E-state index is -1.06. The van der Waals surface area contributed by atoms with Crippen LogP contribution in [0.15, 0.2) is 47.8 Å². The molecular weight excluding hydrogens is 320 g/mol. The molecule has 5 rings (SSSR count). The molecule has 2 aliphatic heterocycles. The number of fused-ring (bicyclic) bond motifs is 4. The molecular formula is C18H14N4O3. The molecule has 3 aromatic rings. The summed E-state index contributed by atoms with van der Waals surface area (Å²) in [5.74, 6) is -0.514. The highest BCUT2D eigenvalue weighted by Gasteiger charge is 2.48. The van der Waals surface area contributed by atoms with Gasteiger partial charge in [-0.3, -0.25) is 14.1 Å². The van der Waals surface area contributed by atoms with E-state index in [1.54, 1.807) is 12.2 Å². The van der Waals surface area contributed by atoms with Crippen molar-refractivity contribution in [2.24, 2.45) is 7.05 Å². The number of aromatic nitrogens is 3. The van der Waals surface area contributed by atoms with E-state index in [1.165, 1.54) is 4.90 Å². The monoisotopic (exact) mass is 334 g/mol. The largest absolute Gasteiger partial charge is 0.477 e. The molecule has 1 aromatic carbocycles. The molecule has 2 aliphatic rings. The van der Waals surface area contributed by atoms with Crippen LogP contribution < -0.4 is 0 Å². The number of carbonyl (C=O) groups is 2.